The average Bonchev–Trinajstić information content (AvgIpc) is 3.45. The van der Waals surface area contributed by atoms with E-state index in [0.717, 1.165) is 28.5 Å². The van der Waals surface area contributed by atoms with Crippen molar-refractivity contribution in [1.82, 2.24) is 24.8 Å². The van der Waals surface area contributed by atoms with Gasteiger partial charge in [-0.2, -0.15) is 0 Å². The van der Waals surface area contributed by atoms with Gasteiger partial charge in [0.1, 0.15) is 5.75 Å². The van der Waals surface area contributed by atoms with Gasteiger partial charge in [-0.15, -0.1) is 0 Å². The SMILES string of the molecule is COc1ccccc1-n1cccc1C1C(c2ccccn2)NC(=S)N1Cc1ccccn1. The van der Waals surface area contributed by atoms with Gasteiger partial charge < -0.3 is 19.5 Å². The summed E-state index contributed by atoms with van der Waals surface area (Å²) in [6.45, 7) is 0.595. The summed E-state index contributed by atoms with van der Waals surface area (Å²) < 4.78 is 7.81. The van der Waals surface area contributed by atoms with Crippen LogP contribution in [-0.4, -0.2) is 31.7 Å². The summed E-state index contributed by atoms with van der Waals surface area (Å²) in [7, 11) is 1.69. The number of ether oxygens (including phenoxy) is 1. The molecule has 2 atom stereocenters. The molecule has 1 aliphatic rings. The highest BCUT2D eigenvalue weighted by atomic mass is 32.1. The molecule has 4 aromatic rings. The quantitative estimate of drug-likeness (QED) is 0.446. The van der Waals surface area contributed by atoms with E-state index in [1.807, 2.05) is 67.0 Å². The number of hydrogen-bond acceptors (Lipinski definition) is 4. The molecule has 0 aliphatic carbocycles. The fourth-order valence-electron chi connectivity index (χ4n) is 4.25. The maximum atomic E-state index is 5.80. The maximum Gasteiger partial charge on any atom is 0.170 e. The minimum absolute atomic E-state index is 0.0840. The molecule has 1 saturated heterocycles. The number of methoxy groups -OCH3 is 1. The van der Waals surface area contributed by atoms with Crippen LogP contribution >= 0.6 is 12.2 Å². The molecule has 0 bridgehead atoms. The Kier molecular flexibility index (Phi) is 5.56. The van der Waals surface area contributed by atoms with Crippen LogP contribution in [0.1, 0.15) is 29.2 Å². The molecular formula is C25H23N5OS. The number of nitrogens with zero attached hydrogens (tertiary/aromatic N) is 4. The number of nitrogens with one attached hydrogen (secondary N) is 1. The highest BCUT2D eigenvalue weighted by molar-refractivity contribution is 7.80. The van der Waals surface area contributed by atoms with Crippen LogP contribution < -0.4 is 10.1 Å². The second-order valence-corrected chi connectivity index (χ2v) is 7.94. The van der Waals surface area contributed by atoms with E-state index in [9.17, 15) is 0 Å². The third-order valence-corrected chi connectivity index (χ3v) is 6.04. The van der Waals surface area contributed by atoms with E-state index in [4.69, 9.17) is 17.0 Å². The number of benzene rings is 1. The number of aromatic nitrogens is 3. The molecular weight excluding hydrogens is 418 g/mol. The predicted octanol–water partition coefficient (Wildman–Crippen LogP) is 4.45. The molecule has 0 radical (unpaired) electrons. The Bertz CT molecular complexity index is 1210. The molecule has 0 spiro atoms. The maximum absolute atomic E-state index is 5.80. The van der Waals surface area contributed by atoms with Gasteiger partial charge in [-0.1, -0.05) is 24.3 Å². The third kappa shape index (κ3) is 3.71. The van der Waals surface area contributed by atoms with Crippen LogP contribution in [0.5, 0.6) is 5.75 Å². The van der Waals surface area contributed by atoms with Gasteiger partial charge in [0.25, 0.3) is 0 Å². The smallest absolute Gasteiger partial charge is 0.170 e. The first-order valence-electron chi connectivity index (χ1n) is 10.4. The Hall–Kier alpha value is -3.71. The van der Waals surface area contributed by atoms with Crippen LogP contribution in [0.3, 0.4) is 0 Å². The van der Waals surface area contributed by atoms with Crippen LogP contribution in [-0.2, 0) is 6.54 Å². The van der Waals surface area contributed by atoms with Gasteiger partial charge in [-0.3, -0.25) is 9.97 Å². The topological polar surface area (TPSA) is 55.2 Å². The Morgan fingerprint density at radius 3 is 2.47 bits per heavy atom. The van der Waals surface area contributed by atoms with Crippen molar-refractivity contribution < 1.29 is 4.74 Å². The van der Waals surface area contributed by atoms with Gasteiger partial charge in [-0.25, -0.2) is 0 Å². The molecule has 160 valence electrons. The van der Waals surface area contributed by atoms with E-state index < -0.39 is 0 Å². The van der Waals surface area contributed by atoms with Crippen molar-refractivity contribution in [3.8, 4) is 11.4 Å². The molecule has 7 heteroatoms. The van der Waals surface area contributed by atoms with Crippen LogP contribution in [0.15, 0.2) is 91.4 Å². The zero-order valence-electron chi connectivity index (χ0n) is 17.6. The number of hydrogen-bond donors (Lipinski definition) is 1. The third-order valence-electron chi connectivity index (χ3n) is 5.68. The van der Waals surface area contributed by atoms with Crippen molar-refractivity contribution in [2.24, 2.45) is 0 Å². The molecule has 0 saturated carbocycles. The van der Waals surface area contributed by atoms with E-state index in [0.29, 0.717) is 11.7 Å². The Morgan fingerprint density at radius 2 is 1.72 bits per heavy atom. The highest BCUT2D eigenvalue weighted by Crippen LogP contribution is 2.41. The van der Waals surface area contributed by atoms with Gasteiger partial charge in [-0.05, 0) is 60.7 Å². The van der Waals surface area contributed by atoms with E-state index >= 15 is 0 Å². The van der Waals surface area contributed by atoms with Crippen LogP contribution in [0.4, 0.5) is 0 Å². The molecule has 4 heterocycles. The minimum atomic E-state index is -0.101. The van der Waals surface area contributed by atoms with Crippen molar-refractivity contribution in [1.29, 1.82) is 0 Å². The summed E-state index contributed by atoms with van der Waals surface area (Å²) in [5.74, 6) is 0.809. The van der Waals surface area contributed by atoms with Gasteiger partial charge in [0.15, 0.2) is 5.11 Å². The van der Waals surface area contributed by atoms with E-state index in [2.05, 4.69) is 49.1 Å². The standard InChI is InChI=1S/C25H23N5OS/c1-31-22-13-3-2-11-20(22)29-16-8-12-21(29)24-23(19-10-5-7-15-27-19)28-25(32)30(24)17-18-9-4-6-14-26-18/h2-16,23-24H,17H2,1H3,(H,28,32). The molecule has 1 aliphatic heterocycles. The summed E-state index contributed by atoms with van der Waals surface area (Å²) in [6.07, 6.45) is 5.69. The Balaban J connectivity index is 1.62. The van der Waals surface area contributed by atoms with Crippen LogP contribution in [0, 0.1) is 0 Å². The largest absolute Gasteiger partial charge is 0.495 e. The Labute approximate surface area is 192 Å². The lowest BCUT2D eigenvalue weighted by atomic mass is 10.0. The molecule has 6 nitrogen and oxygen atoms in total. The van der Waals surface area contributed by atoms with Crippen LogP contribution in [0.25, 0.3) is 5.69 Å². The highest BCUT2D eigenvalue weighted by Gasteiger charge is 2.41. The molecule has 32 heavy (non-hydrogen) atoms. The normalized spacial score (nSPS) is 17.9. The molecule has 5 rings (SSSR count). The summed E-state index contributed by atoms with van der Waals surface area (Å²) >= 11 is 5.80. The molecule has 1 aromatic carbocycles. The van der Waals surface area contributed by atoms with Gasteiger partial charge in [0, 0.05) is 24.3 Å². The lowest BCUT2D eigenvalue weighted by Crippen LogP contribution is -2.30. The predicted molar refractivity (Wildman–Crippen MR) is 128 cm³/mol. The number of rotatable bonds is 6. The summed E-state index contributed by atoms with van der Waals surface area (Å²) in [4.78, 5) is 11.4. The van der Waals surface area contributed by atoms with Crippen LogP contribution in [0.2, 0.25) is 0 Å². The number of pyridine rings is 2. The van der Waals surface area contributed by atoms with E-state index in [1.165, 1.54) is 0 Å². The zero-order chi connectivity index (χ0) is 21.9. The number of para-hydroxylation sites is 2. The van der Waals surface area contributed by atoms with Crippen molar-refractivity contribution in [3.05, 3.63) is 108 Å². The Morgan fingerprint density at radius 1 is 0.938 bits per heavy atom. The van der Waals surface area contributed by atoms with Crippen molar-refractivity contribution >= 4 is 17.3 Å². The summed E-state index contributed by atoms with van der Waals surface area (Å²) in [5, 5.41) is 4.19. The monoisotopic (exact) mass is 441 g/mol. The lowest BCUT2D eigenvalue weighted by molar-refractivity contribution is 0.299. The van der Waals surface area contributed by atoms with Gasteiger partial charge in [0.2, 0.25) is 0 Å². The molecule has 1 fully saturated rings. The van der Waals surface area contributed by atoms with Crippen molar-refractivity contribution in [3.63, 3.8) is 0 Å². The molecule has 0 amide bonds. The molecule has 3 aromatic heterocycles. The fraction of sp³-hybridized carbons (Fsp3) is 0.160. The lowest BCUT2D eigenvalue weighted by Gasteiger charge is -2.29. The first-order valence-corrected chi connectivity index (χ1v) is 10.9. The molecule has 2 unspecified atom stereocenters. The minimum Gasteiger partial charge on any atom is -0.495 e. The average molecular weight is 442 g/mol. The molecule has 1 N–H and O–H groups in total. The summed E-state index contributed by atoms with van der Waals surface area (Å²) in [5.41, 5.74) is 3.97. The summed E-state index contributed by atoms with van der Waals surface area (Å²) in [6, 6.07) is 23.9. The second kappa shape index (κ2) is 8.80. The van der Waals surface area contributed by atoms with Crippen molar-refractivity contribution in [2.45, 2.75) is 18.6 Å². The second-order valence-electron chi connectivity index (χ2n) is 7.55. The van der Waals surface area contributed by atoms with E-state index in [1.54, 1.807) is 7.11 Å². The van der Waals surface area contributed by atoms with Gasteiger partial charge >= 0.3 is 0 Å². The number of thiocarbonyl (C=S) groups is 1. The van der Waals surface area contributed by atoms with Gasteiger partial charge in [0.05, 0.1) is 42.8 Å². The first-order chi connectivity index (χ1) is 15.8. The zero-order valence-corrected chi connectivity index (χ0v) is 18.4. The van der Waals surface area contributed by atoms with E-state index in [-0.39, 0.29) is 12.1 Å². The first kappa shape index (κ1) is 20.2. The fourth-order valence-corrected chi connectivity index (χ4v) is 4.55. The van der Waals surface area contributed by atoms with Crippen molar-refractivity contribution in [2.75, 3.05) is 7.11 Å².